The smallest absolute Gasteiger partial charge is 0.407 e. The Kier molecular flexibility index (Phi) is 7.36. The van der Waals surface area contributed by atoms with Crippen LogP contribution in [0.1, 0.15) is 75.4 Å². The second kappa shape index (κ2) is 11.1. The van der Waals surface area contributed by atoms with Crippen molar-refractivity contribution < 1.29 is 18.8 Å². The first-order valence-corrected chi connectivity index (χ1v) is 16.8. The second-order valence-corrected chi connectivity index (χ2v) is 15.0. The van der Waals surface area contributed by atoms with E-state index >= 15 is 0 Å². The molecule has 2 amide bonds. The van der Waals surface area contributed by atoms with Crippen LogP contribution in [-0.4, -0.2) is 51.7 Å². The van der Waals surface area contributed by atoms with Gasteiger partial charge < -0.3 is 24.5 Å². The number of amides is 2. The summed E-state index contributed by atoms with van der Waals surface area (Å²) in [6.07, 6.45) is 12.3. The first-order valence-electron chi connectivity index (χ1n) is 15.2. The molecule has 2 fully saturated rings. The molecule has 4 heterocycles. The number of methoxy groups -OCH3 is 1. The monoisotopic (exact) mass is 665 g/mol. The lowest BCUT2D eigenvalue weighted by Gasteiger charge is -2.30. The zero-order valence-corrected chi connectivity index (χ0v) is 27.1. The van der Waals surface area contributed by atoms with E-state index in [0.717, 1.165) is 52.9 Å². The van der Waals surface area contributed by atoms with Gasteiger partial charge in [-0.3, -0.25) is 4.79 Å². The van der Waals surface area contributed by atoms with Crippen LogP contribution in [0.3, 0.4) is 0 Å². The standard InChI is InChI=1S/C32H36BrN5O4S/c1-17(2)25(37-31(40)41-3)30(39)38-12-6-7-24(38)29-34-16-23(36-29)19-9-8-18(22-15-35-42-26(19)22)27-20-13-32(10-4-5-11-32)14-21(20)28(33)43-27/h8-9,15-17,24-25H,4-7,10-14H2,1-3H3,(H,34,36)(H,37,40). The number of carbonyl (C=O) groups excluding carboxylic acids is 2. The Morgan fingerprint density at radius 1 is 1.16 bits per heavy atom. The molecule has 9 nitrogen and oxygen atoms in total. The summed E-state index contributed by atoms with van der Waals surface area (Å²) in [5, 5.41) is 7.92. The van der Waals surface area contributed by atoms with Gasteiger partial charge in [-0.15, -0.1) is 11.3 Å². The minimum atomic E-state index is -0.675. The third-order valence-electron chi connectivity index (χ3n) is 9.73. The number of aromatic amines is 1. The number of aromatic nitrogens is 3. The summed E-state index contributed by atoms with van der Waals surface area (Å²) in [5.74, 6) is 0.504. The van der Waals surface area contributed by atoms with Crippen molar-refractivity contribution in [2.45, 2.75) is 77.3 Å². The summed E-state index contributed by atoms with van der Waals surface area (Å²) in [6, 6.07) is 3.39. The molecule has 43 heavy (non-hydrogen) atoms. The quantitative estimate of drug-likeness (QED) is 0.222. The molecule has 4 aromatic rings. The zero-order chi connectivity index (χ0) is 29.9. The van der Waals surface area contributed by atoms with E-state index in [0.29, 0.717) is 12.0 Å². The van der Waals surface area contributed by atoms with Gasteiger partial charge in [-0.05, 0) is 83.0 Å². The summed E-state index contributed by atoms with van der Waals surface area (Å²) in [5.41, 5.74) is 7.01. The average Bonchev–Trinajstić information content (AvgIpc) is 3.84. The predicted octanol–water partition coefficient (Wildman–Crippen LogP) is 7.41. The molecule has 3 aromatic heterocycles. The Morgan fingerprint density at radius 2 is 1.93 bits per heavy atom. The maximum absolute atomic E-state index is 13.6. The van der Waals surface area contributed by atoms with Crippen LogP contribution in [0.25, 0.3) is 32.7 Å². The molecule has 7 rings (SSSR count). The van der Waals surface area contributed by atoms with Crippen molar-refractivity contribution in [1.82, 2.24) is 25.3 Å². The van der Waals surface area contributed by atoms with Gasteiger partial charge >= 0.3 is 6.09 Å². The van der Waals surface area contributed by atoms with E-state index in [2.05, 4.69) is 43.5 Å². The van der Waals surface area contributed by atoms with Crippen molar-refractivity contribution in [3.63, 3.8) is 0 Å². The van der Waals surface area contributed by atoms with Crippen molar-refractivity contribution in [3.05, 3.63) is 45.3 Å². The van der Waals surface area contributed by atoms with Crippen LogP contribution < -0.4 is 5.32 Å². The molecule has 1 aliphatic heterocycles. The zero-order valence-electron chi connectivity index (χ0n) is 24.7. The predicted molar refractivity (Wildman–Crippen MR) is 169 cm³/mol. The molecule has 1 aromatic carbocycles. The third kappa shape index (κ3) is 4.88. The molecule has 2 aliphatic carbocycles. The fraction of sp³-hybridized carbons (Fsp3) is 0.500. The normalized spacial score (nSPS) is 19.9. The van der Waals surface area contributed by atoms with Crippen LogP contribution in [0.5, 0.6) is 0 Å². The van der Waals surface area contributed by atoms with E-state index in [-0.39, 0.29) is 17.9 Å². The first kappa shape index (κ1) is 28.6. The Bertz CT molecular complexity index is 1700. The van der Waals surface area contributed by atoms with Crippen LogP contribution in [0.15, 0.2) is 32.8 Å². The van der Waals surface area contributed by atoms with Gasteiger partial charge in [-0.25, -0.2) is 9.78 Å². The molecule has 11 heteroatoms. The lowest BCUT2D eigenvalue weighted by atomic mass is 9.83. The van der Waals surface area contributed by atoms with Crippen LogP contribution in [0, 0.1) is 11.3 Å². The Hall–Kier alpha value is -3.18. The second-order valence-electron chi connectivity index (χ2n) is 12.7. The van der Waals surface area contributed by atoms with Crippen LogP contribution in [-0.2, 0) is 22.4 Å². The molecule has 1 saturated carbocycles. The molecule has 0 bridgehead atoms. The molecule has 2 unspecified atom stereocenters. The van der Waals surface area contributed by atoms with Gasteiger partial charge in [0.1, 0.15) is 11.9 Å². The number of nitrogens with one attached hydrogen (secondary N) is 2. The number of benzene rings is 1. The summed E-state index contributed by atoms with van der Waals surface area (Å²) in [4.78, 5) is 36.8. The number of fused-ring (bicyclic) bond motifs is 2. The number of alkyl carbamates (subject to hydrolysis) is 1. The van der Waals surface area contributed by atoms with Gasteiger partial charge in [0.2, 0.25) is 5.91 Å². The molecule has 226 valence electrons. The van der Waals surface area contributed by atoms with Crippen molar-refractivity contribution in [3.8, 4) is 21.7 Å². The summed E-state index contributed by atoms with van der Waals surface area (Å²) < 4.78 is 11.9. The van der Waals surface area contributed by atoms with E-state index in [1.54, 1.807) is 0 Å². The summed E-state index contributed by atoms with van der Waals surface area (Å²) in [6.45, 7) is 4.43. The highest BCUT2D eigenvalue weighted by molar-refractivity contribution is 9.11. The van der Waals surface area contributed by atoms with Crippen LogP contribution >= 0.6 is 27.3 Å². The van der Waals surface area contributed by atoms with Gasteiger partial charge in [-0.1, -0.05) is 37.9 Å². The molecule has 1 saturated heterocycles. The van der Waals surface area contributed by atoms with Gasteiger partial charge in [-0.2, -0.15) is 0 Å². The number of hydrogen-bond acceptors (Lipinski definition) is 7. The van der Waals surface area contributed by atoms with Gasteiger partial charge in [0.05, 0.1) is 40.4 Å². The van der Waals surface area contributed by atoms with Gasteiger partial charge in [0, 0.05) is 22.5 Å². The third-order valence-corrected chi connectivity index (χ3v) is 11.8. The Morgan fingerprint density at radius 3 is 2.70 bits per heavy atom. The number of hydrogen-bond donors (Lipinski definition) is 2. The molecular weight excluding hydrogens is 630 g/mol. The fourth-order valence-electron chi connectivity index (χ4n) is 7.54. The SMILES string of the molecule is COC(=O)NC(C(=O)N1CCCC1c1ncc(-c2ccc(-c3sc(Br)c4c3CC3(CCCC3)C4)c3cnoc23)[nH]1)C(C)C. The lowest BCUT2D eigenvalue weighted by molar-refractivity contribution is -0.135. The number of H-pyrrole nitrogens is 1. The largest absolute Gasteiger partial charge is 0.453 e. The van der Waals surface area contributed by atoms with E-state index in [9.17, 15) is 9.59 Å². The maximum Gasteiger partial charge on any atom is 0.407 e. The number of ether oxygens (including phenoxy) is 1. The van der Waals surface area contributed by atoms with Gasteiger partial charge in [0.15, 0.2) is 5.58 Å². The number of imidazole rings is 1. The maximum atomic E-state index is 13.6. The van der Waals surface area contributed by atoms with E-state index in [1.165, 1.54) is 59.0 Å². The number of likely N-dealkylation sites (tertiary alicyclic amines) is 1. The summed E-state index contributed by atoms with van der Waals surface area (Å²) in [7, 11) is 1.30. The average molecular weight is 667 g/mol. The Labute approximate surface area is 262 Å². The molecular formula is C32H36BrN5O4S. The number of carbonyl (C=O) groups is 2. The number of nitrogens with zero attached hydrogens (tertiary/aromatic N) is 3. The number of halogens is 1. The van der Waals surface area contributed by atoms with Crippen molar-refractivity contribution in [1.29, 1.82) is 0 Å². The Balaban J connectivity index is 1.18. The van der Waals surface area contributed by atoms with Gasteiger partial charge in [0.25, 0.3) is 0 Å². The van der Waals surface area contributed by atoms with Crippen LogP contribution in [0.4, 0.5) is 4.79 Å². The highest BCUT2D eigenvalue weighted by Gasteiger charge is 2.43. The molecule has 2 atom stereocenters. The van der Waals surface area contributed by atoms with Crippen molar-refractivity contribution in [2.24, 2.45) is 11.3 Å². The lowest BCUT2D eigenvalue weighted by Crippen LogP contribution is -2.51. The van der Waals surface area contributed by atoms with E-state index < -0.39 is 12.1 Å². The fourth-order valence-corrected chi connectivity index (χ4v) is 9.51. The highest BCUT2D eigenvalue weighted by Crippen LogP contribution is 2.56. The van der Waals surface area contributed by atoms with E-state index in [4.69, 9.17) is 14.2 Å². The number of rotatable bonds is 6. The minimum Gasteiger partial charge on any atom is -0.453 e. The first-order chi connectivity index (χ1) is 20.8. The van der Waals surface area contributed by atoms with Crippen molar-refractivity contribution in [2.75, 3.05) is 13.7 Å². The highest BCUT2D eigenvalue weighted by atomic mass is 79.9. The number of thiophene rings is 1. The van der Waals surface area contributed by atoms with Crippen molar-refractivity contribution >= 4 is 50.2 Å². The molecule has 1 spiro atoms. The van der Waals surface area contributed by atoms with Crippen LogP contribution in [0.2, 0.25) is 0 Å². The molecule has 0 radical (unpaired) electrons. The van der Waals surface area contributed by atoms with E-state index in [1.807, 2.05) is 42.5 Å². The topological polar surface area (TPSA) is 113 Å². The summed E-state index contributed by atoms with van der Waals surface area (Å²) >= 11 is 5.72. The minimum absolute atomic E-state index is 0.0906. The molecule has 2 N–H and O–H groups in total. The molecule has 3 aliphatic rings.